The Bertz CT molecular complexity index is 4050. The molecule has 0 unspecified atom stereocenters. The highest BCUT2D eigenvalue weighted by atomic mass is 15.2. The molecule has 0 amide bonds. The topological polar surface area (TPSA) is 11.4 Å². The van der Waals surface area contributed by atoms with Crippen LogP contribution in [0.3, 0.4) is 0 Å². The van der Waals surface area contributed by atoms with Gasteiger partial charge in [0.2, 0.25) is 0 Å². The Hall–Kier alpha value is -8.92. The van der Waals surface area contributed by atoms with Gasteiger partial charge in [0, 0.05) is 50.6 Å². The Morgan fingerprint density at radius 3 is 1.30 bits per heavy atom. The monoisotopic (exact) mass is 909 g/mol. The van der Waals surface area contributed by atoms with Gasteiger partial charge in [0.05, 0.1) is 11.0 Å². The van der Waals surface area contributed by atoms with Crippen LogP contribution in [0.1, 0.15) is 22.3 Å². The van der Waals surface area contributed by atoms with Crippen molar-refractivity contribution in [2.24, 2.45) is 0 Å². The summed E-state index contributed by atoms with van der Waals surface area (Å²) < 4.78 is 2.46. The minimum atomic E-state index is 1.13. The van der Waals surface area contributed by atoms with Crippen molar-refractivity contribution in [2.45, 2.75) is 27.7 Å². The van der Waals surface area contributed by atoms with E-state index in [-0.39, 0.29) is 0 Å². The quantitative estimate of drug-likeness (QED) is 0.134. The third-order valence-electron chi connectivity index (χ3n) is 14.8. The number of aromatic nitrogens is 1. The van der Waals surface area contributed by atoms with Gasteiger partial charge in [0.25, 0.3) is 0 Å². The number of hydrogen-bond acceptors (Lipinski definition) is 2. The average molecular weight is 910 g/mol. The maximum Gasteiger partial charge on any atom is 0.0553 e. The summed E-state index contributed by atoms with van der Waals surface area (Å²) >= 11 is 0. The SMILES string of the molecule is Cc1ccccc1N(c1ccc(-c2ccc3c(c2)c2c4ccc5ccc(-c6ccc(N(c7ccccc7C)c7ccccc7C)cc6)c6ccc(cc2n3-c2ccccc2)c4c56)cc1)c1ccccc1C. The van der Waals surface area contributed by atoms with E-state index < -0.39 is 0 Å². The van der Waals surface area contributed by atoms with Crippen molar-refractivity contribution in [2.75, 3.05) is 9.80 Å². The van der Waals surface area contributed by atoms with Crippen LogP contribution in [0.5, 0.6) is 0 Å². The van der Waals surface area contributed by atoms with Crippen LogP contribution < -0.4 is 9.80 Å². The molecule has 0 N–H and O–H groups in total. The second-order valence-electron chi connectivity index (χ2n) is 19.1. The highest BCUT2D eigenvalue weighted by Crippen LogP contribution is 2.47. The number of para-hydroxylation sites is 5. The number of hydrogen-bond donors (Lipinski definition) is 0. The Morgan fingerprint density at radius 1 is 0.296 bits per heavy atom. The van der Waals surface area contributed by atoms with Crippen LogP contribution in [-0.4, -0.2) is 4.57 Å². The molecule has 13 aromatic rings. The first-order valence-corrected chi connectivity index (χ1v) is 24.7. The zero-order valence-electron chi connectivity index (χ0n) is 40.4. The highest BCUT2D eigenvalue weighted by Gasteiger charge is 2.22. The van der Waals surface area contributed by atoms with Crippen molar-refractivity contribution in [3.05, 3.63) is 259 Å². The minimum Gasteiger partial charge on any atom is -0.310 e. The standard InChI is InChI=1S/C68H51N3/c1-44-16-8-12-22-60(44)69(61-23-13-9-17-45(61)2)54-34-26-48(27-35-54)51-33-41-64-59(42-51)68-58-40-31-50-30-38-56(57-39-32-52(67(58)66(50)57)43-65(68)71(64)53-20-6-5-7-21-53)49-28-36-55(37-29-49)70(62-24-14-10-18-46(62)3)63-25-15-11-19-47(63)4/h5-43H,1-4H3. The molecule has 1 heterocycles. The summed E-state index contributed by atoms with van der Waals surface area (Å²) in [7, 11) is 0. The molecule has 0 aliphatic heterocycles. The Morgan fingerprint density at radius 2 is 0.746 bits per heavy atom. The van der Waals surface area contributed by atoms with E-state index in [1.54, 1.807) is 0 Å². The molecule has 0 fully saturated rings. The van der Waals surface area contributed by atoms with E-state index in [4.69, 9.17) is 0 Å². The number of benzene rings is 12. The van der Waals surface area contributed by atoms with Crippen molar-refractivity contribution in [1.82, 2.24) is 4.57 Å². The van der Waals surface area contributed by atoms with Gasteiger partial charge in [-0.25, -0.2) is 0 Å². The van der Waals surface area contributed by atoms with Crippen molar-refractivity contribution in [3.8, 4) is 27.9 Å². The number of fused-ring (bicyclic) bond motifs is 4. The second kappa shape index (κ2) is 16.9. The van der Waals surface area contributed by atoms with Crippen LogP contribution in [-0.2, 0) is 0 Å². The zero-order chi connectivity index (χ0) is 47.7. The maximum atomic E-state index is 2.46. The minimum absolute atomic E-state index is 1.13. The van der Waals surface area contributed by atoms with Crippen LogP contribution >= 0.6 is 0 Å². The molecule has 0 saturated heterocycles. The van der Waals surface area contributed by atoms with Gasteiger partial charge in [-0.1, -0.05) is 158 Å². The molecular weight excluding hydrogens is 859 g/mol. The van der Waals surface area contributed by atoms with E-state index in [2.05, 4.69) is 279 Å². The third kappa shape index (κ3) is 6.96. The van der Waals surface area contributed by atoms with Crippen LogP contribution in [0.25, 0.3) is 82.1 Å². The Labute approximate surface area is 415 Å². The molecule has 0 spiro atoms. The van der Waals surface area contributed by atoms with Gasteiger partial charge in [0.15, 0.2) is 0 Å². The molecule has 13 rings (SSSR count). The van der Waals surface area contributed by atoms with Gasteiger partial charge in [-0.15, -0.1) is 0 Å². The fourth-order valence-corrected chi connectivity index (χ4v) is 11.3. The van der Waals surface area contributed by atoms with E-state index in [9.17, 15) is 0 Å². The molecule has 0 radical (unpaired) electrons. The summed E-state index contributed by atoms with van der Waals surface area (Å²) in [6, 6.07) is 87.2. The fraction of sp³-hybridized carbons (Fsp3) is 0.0588. The first-order chi connectivity index (χ1) is 34.9. The lowest BCUT2D eigenvalue weighted by Gasteiger charge is -2.28. The fourth-order valence-electron chi connectivity index (χ4n) is 11.3. The summed E-state index contributed by atoms with van der Waals surface area (Å²) in [5.74, 6) is 0. The Kier molecular flexibility index (Phi) is 10.1. The summed E-state index contributed by atoms with van der Waals surface area (Å²) in [5.41, 5.74) is 20.3. The van der Waals surface area contributed by atoms with Gasteiger partial charge in [-0.3, -0.25) is 0 Å². The molecule has 0 saturated carbocycles. The van der Waals surface area contributed by atoms with Gasteiger partial charge in [-0.2, -0.15) is 0 Å². The van der Waals surface area contributed by atoms with E-state index >= 15 is 0 Å². The zero-order valence-corrected chi connectivity index (χ0v) is 40.4. The van der Waals surface area contributed by atoms with Gasteiger partial charge in [0.1, 0.15) is 0 Å². The molecule has 12 aromatic carbocycles. The first kappa shape index (κ1) is 42.2. The molecule has 3 nitrogen and oxygen atoms in total. The smallest absolute Gasteiger partial charge is 0.0553 e. The molecule has 0 atom stereocenters. The lowest BCUT2D eigenvalue weighted by atomic mass is 9.88. The predicted octanol–water partition coefficient (Wildman–Crippen LogP) is 19.2. The highest BCUT2D eigenvalue weighted by molar-refractivity contribution is 6.34. The second-order valence-corrected chi connectivity index (χ2v) is 19.1. The van der Waals surface area contributed by atoms with E-state index in [1.165, 1.54) is 121 Å². The van der Waals surface area contributed by atoms with Crippen molar-refractivity contribution in [3.63, 3.8) is 0 Å². The van der Waals surface area contributed by atoms with E-state index in [0.29, 0.717) is 0 Å². The molecular formula is C68H51N3. The first-order valence-electron chi connectivity index (χ1n) is 24.7. The van der Waals surface area contributed by atoms with Crippen LogP contribution in [0.2, 0.25) is 0 Å². The molecule has 1 aromatic heterocycles. The molecule has 0 bridgehead atoms. The third-order valence-corrected chi connectivity index (χ3v) is 14.8. The average Bonchev–Trinajstić information content (AvgIpc) is 3.74. The number of anilines is 6. The predicted molar refractivity (Wildman–Crippen MR) is 304 cm³/mol. The molecule has 3 heteroatoms. The largest absolute Gasteiger partial charge is 0.310 e. The van der Waals surface area contributed by atoms with Gasteiger partial charge >= 0.3 is 0 Å². The molecule has 338 valence electrons. The number of rotatable bonds is 9. The summed E-state index contributed by atoms with van der Waals surface area (Å²) in [6.07, 6.45) is 0. The summed E-state index contributed by atoms with van der Waals surface area (Å²) in [5, 5.41) is 10.2. The van der Waals surface area contributed by atoms with Crippen LogP contribution in [0, 0.1) is 27.7 Å². The maximum absolute atomic E-state index is 2.46. The van der Waals surface area contributed by atoms with Crippen molar-refractivity contribution >= 4 is 88.2 Å². The summed E-state index contributed by atoms with van der Waals surface area (Å²) in [4.78, 5) is 4.78. The Balaban J connectivity index is 0.960. The van der Waals surface area contributed by atoms with Gasteiger partial charge < -0.3 is 14.4 Å². The van der Waals surface area contributed by atoms with Gasteiger partial charge in [-0.05, 0) is 183 Å². The van der Waals surface area contributed by atoms with Crippen LogP contribution in [0.4, 0.5) is 34.1 Å². The number of nitrogens with zero attached hydrogens (tertiary/aromatic N) is 3. The normalized spacial score (nSPS) is 11.7. The van der Waals surface area contributed by atoms with E-state index in [1.807, 2.05) is 0 Å². The van der Waals surface area contributed by atoms with Crippen molar-refractivity contribution in [1.29, 1.82) is 0 Å². The van der Waals surface area contributed by atoms with E-state index in [0.717, 1.165) is 17.1 Å². The van der Waals surface area contributed by atoms with Crippen LogP contribution in [0.15, 0.2) is 237 Å². The molecule has 0 aliphatic carbocycles. The van der Waals surface area contributed by atoms with Crippen molar-refractivity contribution < 1.29 is 0 Å². The lowest BCUT2D eigenvalue weighted by molar-refractivity contribution is 1.18. The lowest BCUT2D eigenvalue weighted by Crippen LogP contribution is -2.12. The molecule has 71 heavy (non-hydrogen) atoms. The number of aryl methyl sites for hydroxylation is 4. The summed E-state index contributed by atoms with van der Waals surface area (Å²) in [6.45, 7) is 8.77. The molecule has 0 aliphatic rings.